The summed E-state index contributed by atoms with van der Waals surface area (Å²) in [6, 6.07) is 9.55. The molecule has 1 unspecified atom stereocenters. The molecule has 2 aromatic heterocycles. The average Bonchev–Trinajstić information content (AvgIpc) is 3.21. The molecule has 0 bridgehead atoms. The first-order valence-electron chi connectivity index (χ1n) is 9.61. The number of fused-ring (bicyclic) bond motifs is 1. The molecule has 9 nitrogen and oxygen atoms in total. The van der Waals surface area contributed by atoms with E-state index in [2.05, 4.69) is 22.0 Å². The van der Waals surface area contributed by atoms with E-state index in [0.717, 1.165) is 23.3 Å². The van der Waals surface area contributed by atoms with Crippen molar-refractivity contribution in [2.45, 2.75) is 13.0 Å². The first-order chi connectivity index (χ1) is 13.9. The zero-order valence-electron chi connectivity index (χ0n) is 16.8. The maximum Gasteiger partial charge on any atom is 0.332 e. The number of para-hydroxylation sites is 1. The van der Waals surface area contributed by atoms with Crippen molar-refractivity contribution in [3.63, 3.8) is 0 Å². The lowest BCUT2D eigenvalue weighted by molar-refractivity contribution is -0.134. The van der Waals surface area contributed by atoms with Crippen LogP contribution in [0.25, 0.3) is 11.2 Å². The Bertz CT molecular complexity index is 1170. The summed E-state index contributed by atoms with van der Waals surface area (Å²) < 4.78 is 3.93. The third kappa shape index (κ3) is 3.12. The van der Waals surface area contributed by atoms with Crippen molar-refractivity contribution in [2.24, 2.45) is 14.1 Å². The fourth-order valence-electron chi connectivity index (χ4n) is 3.86. The van der Waals surface area contributed by atoms with Gasteiger partial charge in [-0.15, -0.1) is 0 Å². The number of nitrogens with zero attached hydrogens (tertiary/aromatic N) is 6. The zero-order chi connectivity index (χ0) is 20.7. The lowest BCUT2D eigenvalue weighted by Crippen LogP contribution is -2.50. The molecule has 0 N–H and O–H groups in total. The van der Waals surface area contributed by atoms with E-state index < -0.39 is 17.3 Å². The van der Waals surface area contributed by atoms with Crippen LogP contribution in [0.15, 0.2) is 46.2 Å². The van der Waals surface area contributed by atoms with Crippen LogP contribution in [-0.4, -0.2) is 55.7 Å². The Kier molecular flexibility index (Phi) is 4.73. The van der Waals surface area contributed by atoms with Gasteiger partial charge in [-0.2, -0.15) is 0 Å². The maximum atomic E-state index is 13.1. The second-order valence-corrected chi connectivity index (χ2v) is 7.35. The minimum absolute atomic E-state index is 0.0621. The number of amides is 1. The molecule has 9 heteroatoms. The van der Waals surface area contributed by atoms with Crippen LogP contribution in [-0.2, 0) is 18.9 Å². The smallest absolute Gasteiger partial charge is 0.332 e. The van der Waals surface area contributed by atoms with Crippen LogP contribution in [0.4, 0.5) is 5.69 Å². The molecular formula is C20H24N6O3. The van der Waals surface area contributed by atoms with E-state index in [1.165, 1.54) is 17.9 Å². The molecule has 0 saturated carbocycles. The number of benzene rings is 1. The van der Waals surface area contributed by atoms with Crippen molar-refractivity contribution in [3.8, 4) is 0 Å². The molecule has 0 radical (unpaired) electrons. The van der Waals surface area contributed by atoms with Crippen molar-refractivity contribution >= 4 is 22.8 Å². The monoisotopic (exact) mass is 396 g/mol. The predicted octanol–water partition coefficient (Wildman–Crippen LogP) is 0.344. The number of anilines is 1. The first-order valence-corrected chi connectivity index (χ1v) is 9.61. The molecule has 1 aromatic carbocycles. The van der Waals surface area contributed by atoms with Crippen molar-refractivity contribution in [1.82, 2.24) is 23.6 Å². The Morgan fingerprint density at radius 2 is 1.66 bits per heavy atom. The molecule has 29 heavy (non-hydrogen) atoms. The van der Waals surface area contributed by atoms with E-state index in [4.69, 9.17) is 0 Å². The van der Waals surface area contributed by atoms with Gasteiger partial charge in [0.05, 0.1) is 6.33 Å². The molecule has 1 fully saturated rings. The van der Waals surface area contributed by atoms with E-state index in [0.29, 0.717) is 13.1 Å². The Labute approximate surface area is 167 Å². The Morgan fingerprint density at radius 1 is 1.00 bits per heavy atom. The van der Waals surface area contributed by atoms with Gasteiger partial charge in [0.25, 0.3) is 5.56 Å². The summed E-state index contributed by atoms with van der Waals surface area (Å²) in [6.07, 6.45) is 1.47. The number of carbonyl (C=O) groups is 1. The van der Waals surface area contributed by atoms with Gasteiger partial charge in [-0.05, 0) is 19.1 Å². The number of hydrogen-bond acceptors (Lipinski definition) is 5. The van der Waals surface area contributed by atoms with Crippen LogP contribution in [0.1, 0.15) is 13.0 Å². The van der Waals surface area contributed by atoms with E-state index >= 15 is 0 Å². The summed E-state index contributed by atoms with van der Waals surface area (Å²) in [4.78, 5) is 46.2. The second-order valence-electron chi connectivity index (χ2n) is 7.35. The standard InChI is InChI=1S/C20H24N6O3/c1-14(26-13-21-17-16(26)19(28)23(3)20(29)22(17)2)18(27)25-11-9-24(10-12-25)15-7-5-4-6-8-15/h4-8,13-14H,9-12H2,1-3H3. The fraction of sp³-hybridized carbons (Fsp3) is 0.400. The van der Waals surface area contributed by atoms with Gasteiger partial charge in [0, 0.05) is 46.0 Å². The number of piperazine rings is 1. The highest BCUT2D eigenvalue weighted by Crippen LogP contribution is 2.19. The molecule has 1 atom stereocenters. The summed E-state index contributed by atoms with van der Waals surface area (Å²) >= 11 is 0. The lowest BCUT2D eigenvalue weighted by atomic mass is 10.2. The molecule has 3 heterocycles. The highest BCUT2D eigenvalue weighted by molar-refractivity contribution is 5.83. The number of imidazole rings is 1. The molecule has 1 aliphatic heterocycles. The predicted molar refractivity (Wildman–Crippen MR) is 110 cm³/mol. The van der Waals surface area contributed by atoms with Crippen molar-refractivity contribution < 1.29 is 4.79 Å². The topological polar surface area (TPSA) is 85.4 Å². The fourth-order valence-corrected chi connectivity index (χ4v) is 3.86. The maximum absolute atomic E-state index is 13.1. The Hall–Kier alpha value is -3.36. The van der Waals surface area contributed by atoms with Crippen molar-refractivity contribution in [2.75, 3.05) is 31.1 Å². The SMILES string of the molecule is CC(C(=O)N1CCN(c2ccccc2)CC1)n1cnc2c1c(=O)n(C)c(=O)n2C. The van der Waals surface area contributed by atoms with Crippen LogP contribution >= 0.6 is 0 Å². The largest absolute Gasteiger partial charge is 0.368 e. The molecule has 4 rings (SSSR count). The Morgan fingerprint density at radius 3 is 2.31 bits per heavy atom. The minimum atomic E-state index is -0.589. The van der Waals surface area contributed by atoms with Crippen LogP contribution < -0.4 is 16.1 Å². The summed E-state index contributed by atoms with van der Waals surface area (Å²) in [5.41, 5.74) is 0.806. The van der Waals surface area contributed by atoms with Gasteiger partial charge in [-0.3, -0.25) is 18.7 Å². The van der Waals surface area contributed by atoms with Crippen LogP contribution in [0.3, 0.4) is 0 Å². The van der Waals surface area contributed by atoms with Gasteiger partial charge >= 0.3 is 5.69 Å². The first kappa shape index (κ1) is 19.0. The molecule has 0 aliphatic carbocycles. The summed E-state index contributed by atoms with van der Waals surface area (Å²) in [7, 11) is 2.99. The van der Waals surface area contributed by atoms with E-state index in [1.54, 1.807) is 18.5 Å². The third-order valence-electron chi connectivity index (χ3n) is 5.66. The van der Waals surface area contributed by atoms with E-state index in [9.17, 15) is 14.4 Å². The van der Waals surface area contributed by atoms with E-state index in [1.807, 2.05) is 23.1 Å². The number of hydrogen-bond donors (Lipinski definition) is 0. The van der Waals surface area contributed by atoms with Gasteiger partial charge in [-0.1, -0.05) is 18.2 Å². The highest BCUT2D eigenvalue weighted by atomic mass is 16.2. The minimum Gasteiger partial charge on any atom is -0.368 e. The summed E-state index contributed by atoms with van der Waals surface area (Å²) in [6.45, 7) is 4.49. The zero-order valence-corrected chi connectivity index (χ0v) is 16.8. The molecule has 1 amide bonds. The lowest BCUT2D eigenvalue weighted by Gasteiger charge is -2.37. The molecule has 1 saturated heterocycles. The number of aryl methyl sites for hydroxylation is 1. The highest BCUT2D eigenvalue weighted by Gasteiger charge is 2.28. The summed E-state index contributed by atoms with van der Waals surface area (Å²) in [5, 5.41) is 0. The third-order valence-corrected chi connectivity index (χ3v) is 5.66. The van der Waals surface area contributed by atoms with Crippen LogP contribution in [0.5, 0.6) is 0 Å². The van der Waals surface area contributed by atoms with Gasteiger partial charge in [0.2, 0.25) is 5.91 Å². The second kappa shape index (κ2) is 7.23. The number of aromatic nitrogens is 4. The molecule has 152 valence electrons. The number of carbonyl (C=O) groups excluding carboxylic acids is 1. The van der Waals surface area contributed by atoms with Crippen molar-refractivity contribution in [1.29, 1.82) is 0 Å². The quantitative estimate of drug-likeness (QED) is 0.638. The average molecular weight is 396 g/mol. The molecular weight excluding hydrogens is 372 g/mol. The number of rotatable bonds is 3. The van der Waals surface area contributed by atoms with Gasteiger partial charge in [0.1, 0.15) is 6.04 Å². The Balaban J connectivity index is 1.57. The van der Waals surface area contributed by atoms with Gasteiger partial charge in [-0.25, -0.2) is 9.78 Å². The normalized spacial score (nSPS) is 15.7. The van der Waals surface area contributed by atoms with Gasteiger partial charge in [0.15, 0.2) is 11.2 Å². The van der Waals surface area contributed by atoms with Crippen LogP contribution in [0.2, 0.25) is 0 Å². The molecule has 1 aliphatic rings. The van der Waals surface area contributed by atoms with Gasteiger partial charge < -0.3 is 14.4 Å². The van der Waals surface area contributed by atoms with Crippen molar-refractivity contribution in [3.05, 3.63) is 57.5 Å². The molecule has 0 spiro atoms. The summed E-state index contributed by atoms with van der Waals surface area (Å²) in [5.74, 6) is -0.0621. The van der Waals surface area contributed by atoms with Crippen LogP contribution in [0, 0.1) is 0 Å². The molecule has 3 aromatic rings. The van der Waals surface area contributed by atoms with E-state index in [-0.39, 0.29) is 17.1 Å².